The number of carbonyl (C=O) groups is 3. The third-order valence-corrected chi connectivity index (χ3v) is 8.30. The Morgan fingerprint density at radius 2 is 1.56 bits per heavy atom. The fourth-order valence-electron chi connectivity index (χ4n) is 5.97. The molecule has 0 atom stereocenters. The quantitative estimate of drug-likeness (QED) is 0.486. The Hall–Kier alpha value is -3.39. The minimum Gasteiger partial charge on any atom is -0.494 e. The van der Waals surface area contributed by atoms with Gasteiger partial charge in [0.15, 0.2) is 0 Å². The van der Waals surface area contributed by atoms with Crippen molar-refractivity contribution in [3.05, 3.63) is 59.7 Å². The first-order chi connectivity index (χ1) is 19.0. The number of para-hydroxylation sites is 1. The van der Waals surface area contributed by atoms with Crippen molar-refractivity contribution in [1.29, 1.82) is 0 Å². The number of unbranched alkanes of at least 4 members (excludes halogenated alkanes) is 1. The predicted octanol–water partition coefficient (Wildman–Crippen LogP) is 3.59. The number of hydrogen-bond donors (Lipinski definition) is 0. The molecule has 208 valence electrons. The van der Waals surface area contributed by atoms with Crippen molar-refractivity contribution in [3.63, 3.8) is 0 Å². The highest BCUT2D eigenvalue weighted by Crippen LogP contribution is 2.32. The van der Waals surface area contributed by atoms with Gasteiger partial charge in [-0.3, -0.25) is 19.3 Å². The van der Waals surface area contributed by atoms with Gasteiger partial charge in [0.25, 0.3) is 5.91 Å². The molecular formula is C31H40N4O4. The van der Waals surface area contributed by atoms with E-state index < -0.39 is 0 Å². The molecule has 3 heterocycles. The molecule has 5 rings (SSSR count). The van der Waals surface area contributed by atoms with E-state index in [2.05, 4.69) is 11.0 Å². The molecule has 39 heavy (non-hydrogen) atoms. The molecule has 2 fully saturated rings. The van der Waals surface area contributed by atoms with Crippen molar-refractivity contribution in [2.75, 3.05) is 57.3 Å². The zero-order chi connectivity index (χ0) is 27.2. The van der Waals surface area contributed by atoms with E-state index in [-0.39, 0.29) is 23.8 Å². The number of piperazine rings is 1. The van der Waals surface area contributed by atoms with Crippen LogP contribution in [0.4, 0.5) is 5.69 Å². The van der Waals surface area contributed by atoms with E-state index in [4.69, 9.17) is 4.74 Å². The lowest BCUT2D eigenvalue weighted by Gasteiger charge is -2.41. The molecule has 8 nitrogen and oxygen atoms in total. The average Bonchev–Trinajstić information content (AvgIpc) is 2.97. The van der Waals surface area contributed by atoms with Crippen LogP contribution in [0.1, 0.15) is 54.9 Å². The minimum atomic E-state index is 0.0373. The molecule has 2 aromatic carbocycles. The fourth-order valence-corrected chi connectivity index (χ4v) is 5.97. The first kappa shape index (κ1) is 27.2. The molecule has 0 N–H and O–H groups in total. The van der Waals surface area contributed by atoms with Crippen molar-refractivity contribution in [2.24, 2.45) is 0 Å². The Kier molecular flexibility index (Phi) is 8.81. The second-order valence-electron chi connectivity index (χ2n) is 10.8. The third kappa shape index (κ3) is 6.61. The number of anilines is 1. The molecule has 0 aromatic heterocycles. The number of fused-ring (bicyclic) bond motifs is 1. The van der Waals surface area contributed by atoms with Gasteiger partial charge in [-0.25, -0.2) is 0 Å². The highest BCUT2D eigenvalue weighted by atomic mass is 16.5. The zero-order valence-electron chi connectivity index (χ0n) is 23.0. The van der Waals surface area contributed by atoms with Crippen molar-refractivity contribution >= 4 is 23.4 Å². The monoisotopic (exact) mass is 532 g/mol. The van der Waals surface area contributed by atoms with Crippen LogP contribution in [0.5, 0.6) is 5.75 Å². The molecule has 2 aromatic rings. The van der Waals surface area contributed by atoms with Gasteiger partial charge in [-0.05, 0) is 74.5 Å². The lowest BCUT2D eigenvalue weighted by Crippen LogP contribution is -2.50. The molecule has 3 aliphatic rings. The van der Waals surface area contributed by atoms with Gasteiger partial charge in [0, 0.05) is 69.9 Å². The number of carbonyl (C=O) groups excluding carboxylic acids is 3. The van der Waals surface area contributed by atoms with Crippen LogP contribution in [-0.4, -0.2) is 90.9 Å². The number of amides is 3. The summed E-state index contributed by atoms with van der Waals surface area (Å²) in [5.74, 6) is 1.18. The maximum atomic E-state index is 13.1. The number of benzene rings is 2. The van der Waals surface area contributed by atoms with Crippen LogP contribution in [-0.2, 0) is 16.0 Å². The second kappa shape index (κ2) is 12.6. The summed E-state index contributed by atoms with van der Waals surface area (Å²) >= 11 is 0. The van der Waals surface area contributed by atoms with E-state index in [0.717, 1.165) is 76.3 Å². The van der Waals surface area contributed by atoms with Gasteiger partial charge in [-0.2, -0.15) is 0 Å². The third-order valence-electron chi connectivity index (χ3n) is 8.30. The van der Waals surface area contributed by atoms with Crippen LogP contribution in [0, 0.1) is 0 Å². The van der Waals surface area contributed by atoms with E-state index in [9.17, 15) is 14.4 Å². The summed E-state index contributed by atoms with van der Waals surface area (Å²) in [4.78, 5) is 45.6. The first-order valence-corrected chi connectivity index (χ1v) is 14.4. The predicted molar refractivity (Wildman–Crippen MR) is 151 cm³/mol. The molecule has 0 aliphatic carbocycles. The molecular weight excluding hydrogens is 492 g/mol. The van der Waals surface area contributed by atoms with Gasteiger partial charge < -0.3 is 19.4 Å². The summed E-state index contributed by atoms with van der Waals surface area (Å²) in [7, 11) is 0. The Morgan fingerprint density at radius 3 is 2.28 bits per heavy atom. The SMILES string of the molecule is CC(=O)N1CCN(CCCCOc2ccc(C(=O)N3CCC(N4C(=O)CCc5ccccc54)CC3)cc2)CC1. The fraction of sp³-hybridized carbons (Fsp3) is 0.516. The zero-order valence-corrected chi connectivity index (χ0v) is 23.0. The van der Waals surface area contributed by atoms with Crippen molar-refractivity contribution in [2.45, 2.75) is 51.5 Å². The Balaban J connectivity index is 1.03. The standard InChI is InChI=1S/C31H40N4O4/c1-24(36)33-21-19-32(20-22-33)16-4-5-23-39-28-11-8-26(9-12-28)31(38)34-17-14-27(15-18-34)35-29-7-3-2-6-25(29)10-13-30(35)37/h2-3,6-9,11-12,27H,4-5,10,13-23H2,1H3. The number of hydrogen-bond acceptors (Lipinski definition) is 5. The number of ether oxygens (including phenoxy) is 1. The second-order valence-corrected chi connectivity index (χ2v) is 10.8. The molecule has 2 saturated heterocycles. The highest BCUT2D eigenvalue weighted by Gasteiger charge is 2.33. The topological polar surface area (TPSA) is 73.4 Å². The van der Waals surface area contributed by atoms with Crippen molar-refractivity contribution in [1.82, 2.24) is 14.7 Å². The lowest BCUT2D eigenvalue weighted by molar-refractivity contribution is -0.130. The summed E-state index contributed by atoms with van der Waals surface area (Å²) in [6, 6.07) is 15.8. The van der Waals surface area contributed by atoms with Gasteiger partial charge in [-0.15, -0.1) is 0 Å². The highest BCUT2D eigenvalue weighted by molar-refractivity contribution is 5.97. The smallest absolute Gasteiger partial charge is 0.253 e. The van der Waals surface area contributed by atoms with Gasteiger partial charge >= 0.3 is 0 Å². The van der Waals surface area contributed by atoms with E-state index in [1.54, 1.807) is 6.92 Å². The molecule has 3 amide bonds. The Bertz CT molecular complexity index is 1150. The molecule has 0 spiro atoms. The number of likely N-dealkylation sites (tertiary alicyclic amines) is 1. The van der Waals surface area contributed by atoms with Crippen molar-refractivity contribution in [3.8, 4) is 5.75 Å². The van der Waals surface area contributed by atoms with Crippen LogP contribution < -0.4 is 9.64 Å². The van der Waals surface area contributed by atoms with Gasteiger partial charge in [-0.1, -0.05) is 18.2 Å². The largest absolute Gasteiger partial charge is 0.494 e. The van der Waals surface area contributed by atoms with Gasteiger partial charge in [0.05, 0.1) is 6.61 Å². The van der Waals surface area contributed by atoms with Crippen LogP contribution in [0.15, 0.2) is 48.5 Å². The van der Waals surface area contributed by atoms with E-state index in [1.807, 2.05) is 57.2 Å². The van der Waals surface area contributed by atoms with E-state index in [0.29, 0.717) is 31.7 Å². The average molecular weight is 533 g/mol. The van der Waals surface area contributed by atoms with Crippen LogP contribution >= 0.6 is 0 Å². The first-order valence-electron chi connectivity index (χ1n) is 14.4. The summed E-state index contributed by atoms with van der Waals surface area (Å²) in [6.07, 6.45) is 4.97. The minimum absolute atomic E-state index is 0.0373. The maximum absolute atomic E-state index is 13.1. The molecule has 0 radical (unpaired) electrons. The number of piperidine rings is 1. The Labute approximate surface area is 231 Å². The van der Waals surface area contributed by atoms with Crippen LogP contribution in [0.25, 0.3) is 0 Å². The summed E-state index contributed by atoms with van der Waals surface area (Å²) in [5, 5.41) is 0. The van der Waals surface area contributed by atoms with E-state index in [1.165, 1.54) is 5.56 Å². The van der Waals surface area contributed by atoms with Gasteiger partial charge in [0.1, 0.15) is 5.75 Å². The summed E-state index contributed by atoms with van der Waals surface area (Å²) in [6.45, 7) is 8.14. The number of aryl methyl sites for hydroxylation is 1. The molecule has 0 saturated carbocycles. The summed E-state index contributed by atoms with van der Waals surface area (Å²) in [5.41, 5.74) is 2.95. The number of nitrogens with zero attached hydrogens (tertiary/aromatic N) is 4. The molecule has 3 aliphatic heterocycles. The van der Waals surface area contributed by atoms with Crippen LogP contribution in [0.2, 0.25) is 0 Å². The Morgan fingerprint density at radius 1 is 0.846 bits per heavy atom. The van der Waals surface area contributed by atoms with Crippen molar-refractivity contribution < 1.29 is 19.1 Å². The van der Waals surface area contributed by atoms with E-state index >= 15 is 0 Å². The molecule has 8 heteroatoms. The summed E-state index contributed by atoms with van der Waals surface area (Å²) < 4.78 is 5.91. The molecule has 0 unspecified atom stereocenters. The maximum Gasteiger partial charge on any atom is 0.253 e. The van der Waals surface area contributed by atoms with Gasteiger partial charge in [0.2, 0.25) is 11.8 Å². The lowest BCUT2D eigenvalue weighted by atomic mass is 9.95. The molecule has 0 bridgehead atoms. The van der Waals surface area contributed by atoms with Crippen LogP contribution in [0.3, 0.4) is 0 Å². The normalized spacial score (nSPS) is 18.7. The number of rotatable bonds is 8.